The van der Waals surface area contributed by atoms with Gasteiger partial charge in [-0.1, -0.05) is 30.3 Å². The lowest BCUT2D eigenvalue weighted by molar-refractivity contribution is 0.0912. The van der Waals surface area contributed by atoms with Crippen molar-refractivity contribution >= 4 is 11.6 Å². The molecule has 0 aromatic heterocycles. The summed E-state index contributed by atoms with van der Waals surface area (Å²) in [6.07, 6.45) is 0.785. The molecule has 0 aliphatic heterocycles. The summed E-state index contributed by atoms with van der Waals surface area (Å²) in [7, 11) is 0. The van der Waals surface area contributed by atoms with Crippen molar-refractivity contribution in [1.82, 2.24) is 5.32 Å². The summed E-state index contributed by atoms with van der Waals surface area (Å²) in [5.41, 5.74) is 10.1. The van der Waals surface area contributed by atoms with E-state index in [4.69, 9.17) is 5.73 Å². The SMILES string of the molecule is Cc1ccccc1CC(C)(C)NC(=O)c1cc(N)ccc1C. The van der Waals surface area contributed by atoms with Gasteiger partial charge in [-0.3, -0.25) is 4.79 Å². The molecule has 0 spiro atoms. The molecule has 0 bridgehead atoms. The van der Waals surface area contributed by atoms with Crippen LogP contribution in [0.25, 0.3) is 0 Å². The largest absolute Gasteiger partial charge is 0.399 e. The van der Waals surface area contributed by atoms with E-state index < -0.39 is 0 Å². The summed E-state index contributed by atoms with van der Waals surface area (Å²) < 4.78 is 0. The van der Waals surface area contributed by atoms with Crippen LogP contribution in [0.4, 0.5) is 5.69 Å². The van der Waals surface area contributed by atoms with Crippen LogP contribution in [-0.4, -0.2) is 11.4 Å². The molecular formula is C19H24N2O. The number of aryl methyl sites for hydroxylation is 2. The van der Waals surface area contributed by atoms with Crippen LogP contribution in [0.5, 0.6) is 0 Å². The molecule has 0 saturated carbocycles. The predicted molar refractivity (Wildman–Crippen MR) is 92.0 cm³/mol. The van der Waals surface area contributed by atoms with Crippen molar-refractivity contribution in [1.29, 1.82) is 0 Å². The first kappa shape index (κ1) is 16.1. The number of hydrogen-bond donors (Lipinski definition) is 2. The number of carbonyl (C=O) groups is 1. The van der Waals surface area contributed by atoms with Crippen molar-refractivity contribution < 1.29 is 4.79 Å². The van der Waals surface area contributed by atoms with Gasteiger partial charge in [-0.15, -0.1) is 0 Å². The van der Waals surface area contributed by atoms with Crippen molar-refractivity contribution in [2.24, 2.45) is 0 Å². The van der Waals surface area contributed by atoms with Crippen molar-refractivity contribution in [3.63, 3.8) is 0 Å². The minimum absolute atomic E-state index is 0.0802. The van der Waals surface area contributed by atoms with E-state index in [9.17, 15) is 4.79 Å². The van der Waals surface area contributed by atoms with Crippen LogP contribution in [0.3, 0.4) is 0 Å². The summed E-state index contributed by atoms with van der Waals surface area (Å²) >= 11 is 0. The first-order chi connectivity index (χ1) is 10.3. The third-order valence-electron chi connectivity index (χ3n) is 3.85. The summed E-state index contributed by atoms with van der Waals surface area (Å²) in [5.74, 6) is -0.0802. The molecule has 0 heterocycles. The molecule has 22 heavy (non-hydrogen) atoms. The van der Waals surface area contributed by atoms with Crippen LogP contribution in [0.2, 0.25) is 0 Å². The first-order valence-electron chi connectivity index (χ1n) is 7.52. The van der Waals surface area contributed by atoms with E-state index in [0.29, 0.717) is 11.3 Å². The van der Waals surface area contributed by atoms with Gasteiger partial charge in [-0.05, 0) is 62.9 Å². The first-order valence-corrected chi connectivity index (χ1v) is 7.52. The van der Waals surface area contributed by atoms with Gasteiger partial charge in [0.25, 0.3) is 5.91 Å². The van der Waals surface area contributed by atoms with Gasteiger partial charge in [0.05, 0.1) is 0 Å². The highest BCUT2D eigenvalue weighted by Crippen LogP contribution is 2.18. The molecule has 0 aliphatic carbocycles. The number of nitrogens with two attached hydrogens (primary N) is 1. The van der Waals surface area contributed by atoms with Crippen molar-refractivity contribution in [3.05, 3.63) is 64.7 Å². The van der Waals surface area contributed by atoms with Crippen molar-refractivity contribution in [3.8, 4) is 0 Å². The third-order valence-corrected chi connectivity index (χ3v) is 3.85. The number of nitrogen functional groups attached to an aromatic ring is 1. The van der Waals surface area contributed by atoms with Crippen molar-refractivity contribution in [2.45, 2.75) is 39.7 Å². The Balaban J connectivity index is 2.16. The lowest BCUT2D eigenvalue weighted by atomic mass is 9.92. The smallest absolute Gasteiger partial charge is 0.252 e. The van der Waals surface area contributed by atoms with Gasteiger partial charge < -0.3 is 11.1 Å². The summed E-state index contributed by atoms with van der Waals surface area (Å²) in [5, 5.41) is 3.12. The summed E-state index contributed by atoms with van der Waals surface area (Å²) in [6.45, 7) is 8.09. The Morgan fingerprint density at radius 2 is 1.77 bits per heavy atom. The van der Waals surface area contributed by atoms with E-state index in [-0.39, 0.29) is 11.4 Å². The molecule has 0 atom stereocenters. The van der Waals surface area contributed by atoms with E-state index in [1.807, 2.05) is 45.0 Å². The maximum atomic E-state index is 12.5. The van der Waals surface area contributed by atoms with E-state index in [2.05, 4.69) is 24.4 Å². The summed E-state index contributed by atoms with van der Waals surface area (Å²) in [4.78, 5) is 12.5. The molecule has 0 radical (unpaired) electrons. The van der Waals surface area contributed by atoms with Crippen LogP contribution in [0.15, 0.2) is 42.5 Å². The molecule has 0 aliphatic rings. The van der Waals surface area contributed by atoms with Gasteiger partial charge >= 0.3 is 0 Å². The van der Waals surface area contributed by atoms with Crippen LogP contribution in [0.1, 0.15) is 40.9 Å². The molecule has 3 N–H and O–H groups in total. The molecule has 116 valence electrons. The van der Waals surface area contributed by atoms with Crippen LogP contribution < -0.4 is 11.1 Å². The van der Waals surface area contributed by atoms with Crippen LogP contribution in [-0.2, 0) is 6.42 Å². The average molecular weight is 296 g/mol. The van der Waals surface area contributed by atoms with E-state index in [1.165, 1.54) is 11.1 Å². The second kappa shape index (κ2) is 6.22. The van der Waals surface area contributed by atoms with Crippen LogP contribution in [0, 0.1) is 13.8 Å². The number of benzene rings is 2. The number of rotatable bonds is 4. The Morgan fingerprint density at radius 1 is 1.09 bits per heavy atom. The molecule has 2 rings (SSSR count). The monoisotopic (exact) mass is 296 g/mol. The molecule has 0 unspecified atom stereocenters. The van der Waals surface area contributed by atoms with Gasteiger partial charge in [-0.2, -0.15) is 0 Å². The zero-order valence-corrected chi connectivity index (χ0v) is 13.7. The number of carbonyl (C=O) groups excluding carboxylic acids is 1. The Morgan fingerprint density at radius 3 is 2.45 bits per heavy atom. The maximum Gasteiger partial charge on any atom is 0.252 e. The molecule has 2 aromatic rings. The highest BCUT2D eigenvalue weighted by molar-refractivity contribution is 5.96. The molecular weight excluding hydrogens is 272 g/mol. The number of anilines is 1. The zero-order chi connectivity index (χ0) is 16.3. The minimum atomic E-state index is -0.333. The predicted octanol–water partition coefficient (Wildman–Crippen LogP) is 3.64. The Hall–Kier alpha value is -2.29. The average Bonchev–Trinajstić information content (AvgIpc) is 2.43. The van der Waals surface area contributed by atoms with Crippen LogP contribution >= 0.6 is 0 Å². The lowest BCUT2D eigenvalue weighted by Crippen LogP contribution is -2.45. The number of amides is 1. The van der Waals surface area contributed by atoms with Gasteiger partial charge in [0.2, 0.25) is 0 Å². The fourth-order valence-corrected chi connectivity index (χ4v) is 2.59. The van der Waals surface area contributed by atoms with Gasteiger partial charge in [0, 0.05) is 16.8 Å². The standard InChI is InChI=1S/C19H24N2O/c1-13-7-5-6-8-15(13)12-19(3,4)21-18(22)17-11-16(20)10-9-14(17)2/h5-11H,12,20H2,1-4H3,(H,21,22). The fraction of sp³-hybridized carbons (Fsp3) is 0.316. The van der Waals surface area contributed by atoms with Gasteiger partial charge in [0.15, 0.2) is 0 Å². The number of hydrogen-bond acceptors (Lipinski definition) is 2. The van der Waals surface area contributed by atoms with E-state index in [1.54, 1.807) is 6.07 Å². The summed E-state index contributed by atoms with van der Waals surface area (Å²) in [6, 6.07) is 13.7. The van der Waals surface area contributed by atoms with Gasteiger partial charge in [0.1, 0.15) is 0 Å². The van der Waals surface area contributed by atoms with Crippen molar-refractivity contribution in [2.75, 3.05) is 5.73 Å². The molecule has 2 aromatic carbocycles. The molecule has 3 heteroatoms. The Bertz CT molecular complexity index is 690. The quantitative estimate of drug-likeness (QED) is 0.846. The number of nitrogens with one attached hydrogen (secondary N) is 1. The maximum absolute atomic E-state index is 12.5. The Labute approximate surface area is 132 Å². The molecule has 1 amide bonds. The van der Waals surface area contributed by atoms with E-state index in [0.717, 1.165) is 12.0 Å². The third kappa shape index (κ3) is 3.88. The second-order valence-corrected chi connectivity index (χ2v) is 6.52. The fourth-order valence-electron chi connectivity index (χ4n) is 2.59. The molecule has 3 nitrogen and oxygen atoms in total. The topological polar surface area (TPSA) is 55.1 Å². The molecule has 0 fully saturated rings. The van der Waals surface area contributed by atoms with Gasteiger partial charge in [-0.25, -0.2) is 0 Å². The normalized spacial score (nSPS) is 11.3. The Kier molecular flexibility index (Phi) is 4.55. The highest BCUT2D eigenvalue weighted by atomic mass is 16.1. The zero-order valence-electron chi connectivity index (χ0n) is 13.7. The molecule has 0 saturated heterocycles. The van der Waals surface area contributed by atoms with E-state index >= 15 is 0 Å². The lowest BCUT2D eigenvalue weighted by Gasteiger charge is -2.27. The second-order valence-electron chi connectivity index (χ2n) is 6.52. The minimum Gasteiger partial charge on any atom is -0.399 e. The highest BCUT2D eigenvalue weighted by Gasteiger charge is 2.23.